The van der Waals surface area contributed by atoms with E-state index in [4.69, 9.17) is 28.9 Å². The number of hydrogen-bond donors (Lipinski definition) is 2. The van der Waals surface area contributed by atoms with E-state index in [1.54, 1.807) is 24.3 Å². The van der Waals surface area contributed by atoms with Crippen molar-refractivity contribution in [3.05, 3.63) is 46.5 Å². The monoisotopic (exact) mass is 285 g/mol. The number of halogens is 2. The van der Waals surface area contributed by atoms with Crippen molar-refractivity contribution in [2.24, 2.45) is 10.7 Å². The lowest BCUT2D eigenvalue weighted by molar-refractivity contribution is -0.119. The molecule has 0 fully saturated rings. The molecule has 0 radical (unpaired) electrons. The molecule has 0 aliphatic heterocycles. The quantitative estimate of drug-likeness (QED) is 0.506. The summed E-state index contributed by atoms with van der Waals surface area (Å²) in [6.45, 7) is 3.84. The lowest BCUT2D eigenvalue weighted by Gasteiger charge is -2.07. The maximum atomic E-state index is 11.7. The Kier molecular flexibility index (Phi) is 5.68. The van der Waals surface area contributed by atoms with Gasteiger partial charge in [0.05, 0.1) is 13.0 Å². The zero-order chi connectivity index (χ0) is 13.5. The number of guanidine groups is 1. The average Bonchev–Trinajstić information content (AvgIpc) is 2.31. The van der Waals surface area contributed by atoms with Gasteiger partial charge in [0.1, 0.15) is 0 Å². The lowest BCUT2D eigenvalue weighted by Crippen LogP contribution is -2.37. The summed E-state index contributed by atoms with van der Waals surface area (Å²) in [6, 6.07) is 5.06. The zero-order valence-electron chi connectivity index (χ0n) is 9.62. The van der Waals surface area contributed by atoms with Crippen LogP contribution in [0.5, 0.6) is 0 Å². The van der Waals surface area contributed by atoms with Gasteiger partial charge in [0, 0.05) is 10.0 Å². The normalized spacial score (nSPS) is 11.1. The van der Waals surface area contributed by atoms with Gasteiger partial charge in [-0.1, -0.05) is 35.3 Å². The maximum Gasteiger partial charge on any atom is 0.231 e. The van der Waals surface area contributed by atoms with E-state index in [1.807, 2.05) is 0 Å². The molecule has 4 nitrogen and oxygen atoms in total. The molecular formula is C12H13Cl2N3O. The van der Waals surface area contributed by atoms with Crippen molar-refractivity contribution in [2.75, 3.05) is 6.54 Å². The van der Waals surface area contributed by atoms with E-state index in [0.717, 1.165) is 0 Å². The lowest BCUT2D eigenvalue weighted by atomic mass is 10.1. The number of amides is 1. The molecule has 0 bridgehead atoms. The minimum absolute atomic E-state index is 0.0445. The number of aliphatic imine (C=N–C) groups is 1. The Morgan fingerprint density at radius 2 is 2.06 bits per heavy atom. The van der Waals surface area contributed by atoms with E-state index in [9.17, 15) is 4.79 Å². The van der Waals surface area contributed by atoms with Crippen LogP contribution in [-0.2, 0) is 11.2 Å². The highest BCUT2D eigenvalue weighted by Gasteiger charge is 2.11. The van der Waals surface area contributed by atoms with Crippen molar-refractivity contribution in [3.8, 4) is 0 Å². The Balaban J connectivity index is 2.68. The van der Waals surface area contributed by atoms with E-state index in [-0.39, 0.29) is 18.3 Å². The molecule has 0 unspecified atom stereocenters. The van der Waals surface area contributed by atoms with Crippen LogP contribution in [0.4, 0.5) is 0 Å². The van der Waals surface area contributed by atoms with E-state index in [0.29, 0.717) is 22.2 Å². The number of rotatable bonds is 4. The largest absolute Gasteiger partial charge is 0.370 e. The minimum atomic E-state index is -0.324. The molecular weight excluding hydrogens is 273 g/mol. The molecule has 0 aliphatic rings. The summed E-state index contributed by atoms with van der Waals surface area (Å²) in [5, 5.41) is 3.33. The van der Waals surface area contributed by atoms with Crippen LogP contribution in [0.15, 0.2) is 35.8 Å². The predicted octanol–water partition coefficient (Wildman–Crippen LogP) is 2.15. The number of nitrogens with one attached hydrogen (secondary N) is 1. The fourth-order valence-electron chi connectivity index (χ4n) is 1.25. The van der Waals surface area contributed by atoms with Crippen LogP contribution in [0, 0.1) is 0 Å². The van der Waals surface area contributed by atoms with Crippen molar-refractivity contribution in [2.45, 2.75) is 6.42 Å². The fourth-order valence-corrected chi connectivity index (χ4v) is 1.78. The Morgan fingerprint density at radius 3 is 2.61 bits per heavy atom. The molecule has 18 heavy (non-hydrogen) atoms. The summed E-state index contributed by atoms with van der Waals surface area (Å²) in [5.74, 6) is -0.279. The first kappa shape index (κ1) is 14.5. The summed E-state index contributed by atoms with van der Waals surface area (Å²) in [5.41, 5.74) is 6.06. The van der Waals surface area contributed by atoms with Crippen molar-refractivity contribution < 1.29 is 4.79 Å². The molecule has 0 saturated carbocycles. The second kappa shape index (κ2) is 7.03. The number of nitrogens with two attached hydrogens (primary N) is 1. The number of carbonyl (C=O) groups is 1. The van der Waals surface area contributed by atoms with Crippen molar-refractivity contribution >= 4 is 35.1 Å². The molecule has 0 heterocycles. The first-order valence-electron chi connectivity index (χ1n) is 5.18. The van der Waals surface area contributed by atoms with Gasteiger partial charge >= 0.3 is 0 Å². The van der Waals surface area contributed by atoms with Gasteiger partial charge in [-0.05, 0) is 17.7 Å². The highest BCUT2D eigenvalue weighted by atomic mass is 35.5. The van der Waals surface area contributed by atoms with Gasteiger partial charge in [-0.2, -0.15) is 0 Å². The van der Waals surface area contributed by atoms with Crippen LogP contribution in [0.2, 0.25) is 10.0 Å². The highest BCUT2D eigenvalue weighted by Crippen LogP contribution is 2.24. The van der Waals surface area contributed by atoms with E-state index < -0.39 is 0 Å². The Morgan fingerprint density at radius 1 is 1.44 bits per heavy atom. The molecule has 0 spiro atoms. The third-order valence-corrected chi connectivity index (χ3v) is 2.77. The van der Waals surface area contributed by atoms with Crippen molar-refractivity contribution in [1.29, 1.82) is 0 Å². The van der Waals surface area contributed by atoms with E-state index in [2.05, 4.69) is 16.9 Å². The Bertz CT molecular complexity index is 466. The van der Waals surface area contributed by atoms with Crippen LogP contribution < -0.4 is 11.1 Å². The molecule has 3 N–H and O–H groups in total. The number of nitrogens with zero attached hydrogens (tertiary/aromatic N) is 1. The summed E-state index contributed by atoms with van der Waals surface area (Å²) in [6.07, 6.45) is 1.62. The van der Waals surface area contributed by atoms with Crippen LogP contribution >= 0.6 is 23.2 Å². The van der Waals surface area contributed by atoms with Crippen molar-refractivity contribution in [3.63, 3.8) is 0 Å². The standard InChI is InChI=1S/C12H13Cl2N3O/c1-2-6-16-12(15)17-11(18)7-8-9(13)4-3-5-10(8)14/h2-5H,1,6-7H2,(H3,15,16,17,18). The number of benzene rings is 1. The molecule has 0 saturated heterocycles. The average molecular weight is 286 g/mol. The molecule has 96 valence electrons. The molecule has 1 aromatic rings. The van der Waals surface area contributed by atoms with E-state index in [1.165, 1.54) is 0 Å². The molecule has 6 heteroatoms. The first-order chi connectivity index (χ1) is 8.54. The van der Waals surface area contributed by atoms with E-state index >= 15 is 0 Å². The maximum absolute atomic E-state index is 11.7. The first-order valence-corrected chi connectivity index (χ1v) is 5.93. The summed E-state index contributed by atoms with van der Waals surface area (Å²) < 4.78 is 0. The number of carbonyl (C=O) groups excluding carboxylic acids is 1. The molecule has 1 rings (SSSR count). The Labute approximate surface area is 115 Å². The van der Waals surface area contributed by atoms with Gasteiger partial charge in [-0.15, -0.1) is 6.58 Å². The smallest absolute Gasteiger partial charge is 0.231 e. The van der Waals surface area contributed by atoms with Gasteiger partial charge in [-0.3, -0.25) is 10.1 Å². The van der Waals surface area contributed by atoms with Gasteiger partial charge in [-0.25, -0.2) is 4.99 Å². The molecule has 0 atom stereocenters. The third kappa shape index (κ3) is 4.39. The second-order valence-electron chi connectivity index (χ2n) is 3.44. The zero-order valence-corrected chi connectivity index (χ0v) is 11.1. The fraction of sp³-hybridized carbons (Fsp3) is 0.167. The molecule has 1 amide bonds. The van der Waals surface area contributed by atoms with Gasteiger partial charge in [0.15, 0.2) is 5.96 Å². The summed E-state index contributed by atoms with van der Waals surface area (Å²) >= 11 is 11.9. The summed E-state index contributed by atoms with van der Waals surface area (Å²) in [4.78, 5) is 15.5. The third-order valence-electron chi connectivity index (χ3n) is 2.06. The Hall–Kier alpha value is -1.52. The molecule has 0 aromatic heterocycles. The van der Waals surface area contributed by atoms with Gasteiger partial charge < -0.3 is 5.73 Å². The SMILES string of the molecule is C=CCN=C(N)NC(=O)Cc1c(Cl)cccc1Cl. The van der Waals surface area contributed by atoms with Crippen LogP contribution in [0.25, 0.3) is 0 Å². The van der Waals surface area contributed by atoms with Crippen LogP contribution in [0.1, 0.15) is 5.56 Å². The highest BCUT2D eigenvalue weighted by molar-refractivity contribution is 6.36. The molecule has 0 aliphatic carbocycles. The van der Waals surface area contributed by atoms with Gasteiger partial charge in [0.2, 0.25) is 5.91 Å². The minimum Gasteiger partial charge on any atom is -0.370 e. The second-order valence-corrected chi connectivity index (χ2v) is 4.25. The topological polar surface area (TPSA) is 67.5 Å². The summed E-state index contributed by atoms with van der Waals surface area (Å²) in [7, 11) is 0. The van der Waals surface area contributed by atoms with Gasteiger partial charge in [0.25, 0.3) is 0 Å². The van der Waals surface area contributed by atoms with Crippen LogP contribution in [0.3, 0.4) is 0 Å². The van der Waals surface area contributed by atoms with Crippen molar-refractivity contribution in [1.82, 2.24) is 5.32 Å². The number of hydrogen-bond acceptors (Lipinski definition) is 2. The van der Waals surface area contributed by atoms with Crippen LogP contribution in [-0.4, -0.2) is 18.4 Å². The predicted molar refractivity (Wildman–Crippen MR) is 75.0 cm³/mol. The molecule has 1 aromatic carbocycles.